The third kappa shape index (κ3) is 4.95. The number of carbonyl (C=O) groups is 2. The number of fused-ring (bicyclic) bond motifs is 1. The molecule has 7 heteroatoms. The van der Waals surface area contributed by atoms with Crippen LogP contribution < -0.4 is 9.47 Å². The summed E-state index contributed by atoms with van der Waals surface area (Å²) in [6.45, 7) is 4.43. The first-order valence-electron chi connectivity index (χ1n) is 9.31. The van der Waals surface area contributed by atoms with Crippen LogP contribution >= 0.6 is 11.6 Å². The van der Waals surface area contributed by atoms with Gasteiger partial charge >= 0.3 is 5.97 Å². The van der Waals surface area contributed by atoms with Gasteiger partial charge in [0.25, 0.3) is 0 Å². The maximum Gasteiger partial charge on any atom is 0.309 e. The third-order valence-corrected chi connectivity index (χ3v) is 4.95. The van der Waals surface area contributed by atoms with Crippen molar-refractivity contribution >= 4 is 29.6 Å². The van der Waals surface area contributed by atoms with Crippen LogP contribution in [0.4, 0.5) is 0 Å². The van der Waals surface area contributed by atoms with Crippen LogP contribution in [0.25, 0.3) is 6.08 Å². The molecule has 0 aromatic heterocycles. The van der Waals surface area contributed by atoms with E-state index < -0.39 is 0 Å². The Bertz CT molecular complexity index is 725. The minimum absolute atomic E-state index is 0.0828. The quantitative estimate of drug-likeness (QED) is 0.580. The van der Waals surface area contributed by atoms with Crippen molar-refractivity contribution in [2.24, 2.45) is 5.92 Å². The number of esters is 1. The Labute approximate surface area is 164 Å². The average molecular weight is 394 g/mol. The van der Waals surface area contributed by atoms with Crippen LogP contribution in [0.3, 0.4) is 0 Å². The van der Waals surface area contributed by atoms with E-state index in [0.717, 1.165) is 12.0 Å². The first-order chi connectivity index (χ1) is 13.1. The maximum absolute atomic E-state index is 12.4. The minimum Gasteiger partial charge on any atom is -0.489 e. The highest BCUT2D eigenvalue weighted by Gasteiger charge is 2.27. The van der Waals surface area contributed by atoms with Crippen molar-refractivity contribution in [3.05, 3.63) is 28.8 Å². The van der Waals surface area contributed by atoms with Gasteiger partial charge in [-0.3, -0.25) is 9.59 Å². The molecule has 2 heterocycles. The maximum atomic E-state index is 12.4. The first kappa shape index (κ1) is 19.5. The number of nitrogens with zero attached hydrogens (tertiary/aromatic N) is 1. The predicted octanol–water partition coefficient (Wildman–Crippen LogP) is 3.32. The smallest absolute Gasteiger partial charge is 0.309 e. The summed E-state index contributed by atoms with van der Waals surface area (Å²) in [5.74, 6) is 0.794. The summed E-state index contributed by atoms with van der Waals surface area (Å²) < 4.78 is 16.3. The monoisotopic (exact) mass is 393 g/mol. The van der Waals surface area contributed by atoms with Gasteiger partial charge in [-0.2, -0.15) is 0 Å². The van der Waals surface area contributed by atoms with Gasteiger partial charge in [-0.05, 0) is 43.5 Å². The van der Waals surface area contributed by atoms with Gasteiger partial charge in [0, 0.05) is 25.6 Å². The van der Waals surface area contributed by atoms with Crippen LogP contribution in [0.1, 0.15) is 31.7 Å². The normalized spacial score (nSPS) is 17.6. The Hall–Kier alpha value is -2.21. The van der Waals surface area contributed by atoms with Crippen molar-refractivity contribution in [1.29, 1.82) is 0 Å². The molecule has 1 saturated heterocycles. The van der Waals surface area contributed by atoms with Crippen molar-refractivity contribution in [3.63, 3.8) is 0 Å². The van der Waals surface area contributed by atoms with E-state index >= 15 is 0 Å². The molecule has 0 bridgehead atoms. The molecule has 27 heavy (non-hydrogen) atoms. The Morgan fingerprint density at radius 2 is 2.00 bits per heavy atom. The van der Waals surface area contributed by atoms with Crippen molar-refractivity contribution in [2.75, 3.05) is 32.9 Å². The number of halogens is 1. The highest BCUT2D eigenvalue weighted by molar-refractivity contribution is 6.32. The number of piperidine rings is 1. The number of carbonyl (C=O) groups excluding carboxylic acids is 2. The lowest BCUT2D eigenvalue weighted by atomic mass is 9.97. The third-order valence-electron chi connectivity index (χ3n) is 4.67. The molecule has 2 aliphatic rings. The molecule has 0 aliphatic carbocycles. The number of likely N-dealkylation sites (tertiary alicyclic amines) is 1. The Morgan fingerprint density at radius 3 is 2.74 bits per heavy atom. The van der Waals surface area contributed by atoms with Crippen molar-refractivity contribution in [2.45, 2.75) is 26.2 Å². The van der Waals surface area contributed by atoms with E-state index in [1.807, 2.05) is 6.07 Å². The van der Waals surface area contributed by atoms with Crippen LogP contribution in [-0.4, -0.2) is 49.7 Å². The topological polar surface area (TPSA) is 65.1 Å². The van der Waals surface area contributed by atoms with Gasteiger partial charge in [-0.25, -0.2) is 0 Å². The van der Waals surface area contributed by atoms with Gasteiger partial charge in [0.15, 0.2) is 11.5 Å². The second-order valence-electron chi connectivity index (χ2n) is 6.57. The summed E-state index contributed by atoms with van der Waals surface area (Å²) >= 11 is 6.28. The molecule has 0 atom stereocenters. The SMILES string of the molecule is CCOC(=O)C1CCN(C(=O)C=Cc2cc(Cl)c3c(c2)OCCCO3)CC1. The molecule has 0 saturated carbocycles. The number of ether oxygens (including phenoxy) is 3. The Morgan fingerprint density at radius 1 is 1.26 bits per heavy atom. The fourth-order valence-electron chi connectivity index (χ4n) is 3.22. The molecule has 0 N–H and O–H groups in total. The Balaban J connectivity index is 1.60. The van der Waals surface area contributed by atoms with E-state index in [2.05, 4.69) is 0 Å². The van der Waals surface area contributed by atoms with Crippen LogP contribution in [-0.2, 0) is 14.3 Å². The van der Waals surface area contributed by atoms with E-state index in [-0.39, 0.29) is 17.8 Å². The van der Waals surface area contributed by atoms with E-state index in [1.165, 1.54) is 6.08 Å². The first-order valence-corrected chi connectivity index (χ1v) is 9.69. The molecule has 1 fully saturated rings. The van der Waals surface area contributed by atoms with Crippen molar-refractivity contribution < 1.29 is 23.8 Å². The van der Waals surface area contributed by atoms with Gasteiger partial charge < -0.3 is 19.1 Å². The lowest BCUT2D eigenvalue weighted by molar-refractivity contribution is -0.150. The largest absolute Gasteiger partial charge is 0.489 e. The van der Waals surface area contributed by atoms with Crippen LogP contribution in [0, 0.1) is 5.92 Å². The van der Waals surface area contributed by atoms with Gasteiger partial charge in [0.1, 0.15) is 0 Å². The molecule has 0 spiro atoms. The van der Waals surface area contributed by atoms with Crippen LogP contribution in [0.15, 0.2) is 18.2 Å². The zero-order valence-corrected chi connectivity index (χ0v) is 16.2. The van der Waals surface area contributed by atoms with E-state index in [4.69, 9.17) is 25.8 Å². The molecule has 146 valence electrons. The number of benzene rings is 1. The summed E-state index contributed by atoms with van der Waals surface area (Å²) in [7, 11) is 0. The molecule has 1 aromatic rings. The zero-order valence-electron chi connectivity index (χ0n) is 15.4. The highest BCUT2D eigenvalue weighted by Crippen LogP contribution is 2.38. The molecule has 6 nitrogen and oxygen atoms in total. The zero-order chi connectivity index (χ0) is 19.2. The van der Waals surface area contributed by atoms with Crippen LogP contribution in [0.2, 0.25) is 5.02 Å². The number of hydrogen-bond donors (Lipinski definition) is 0. The summed E-state index contributed by atoms with van der Waals surface area (Å²) in [6, 6.07) is 3.58. The number of hydrogen-bond acceptors (Lipinski definition) is 5. The lowest BCUT2D eigenvalue weighted by Crippen LogP contribution is -2.39. The molecule has 2 aliphatic heterocycles. The average Bonchev–Trinajstić information content (AvgIpc) is 2.92. The standard InChI is InChI=1S/C20H24ClNO5/c1-2-25-20(24)15-6-8-22(9-7-15)18(23)5-4-14-12-16(21)19-17(13-14)26-10-3-11-27-19/h4-5,12-13,15H,2-3,6-11H2,1H3. The van der Waals surface area contributed by atoms with Gasteiger partial charge in [-0.1, -0.05) is 11.6 Å². The summed E-state index contributed by atoms with van der Waals surface area (Å²) in [5, 5.41) is 0.469. The molecular formula is C20H24ClNO5. The fraction of sp³-hybridized carbons (Fsp3) is 0.500. The highest BCUT2D eigenvalue weighted by atomic mass is 35.5. The van der Waals surface area contributed by atoms with Crippen molar-refractivity contribution in [1.82, 2.24) is 4.90 Å². The molecule has 0 unspecified atom stereocenters. The second-order valence-corrected chi connectivity index (χ2v) is 6.97. The lowest BCUT2D eigenvalue weighted by Gasteiger charge is -2.30. The molecule has 1 amide bonds. The van der Waals surface area contributed by atoms with Gasteiger partial charge in [0.2, 0.25) is 5.91 Å². The van der Waals surface area contributed by atoms with Gasteiger partial charge in [-0.15, -0.1) is 0 Å². The molecule has 3 rings (SSSR count). The summed E-state index contributed by atoms with van der Waals surface area (Å²) in [5.41, 5.74) is 0.777. The van der Waals surface area contributed by atoms with E-state index in [9.17, 15) is 9.59 Å². The predicted molar refractivity (Wildman–Crippen MR) is 102 cm³/mol. The van der Waals surface area contributed by atoms with E-state index in [1.54, 1.807) is 24.0 Å². The molecule has 1 aromatic carbocycles. The van der Waals surface area contributed by atoms with Gasteiger partial charge in [0.05, 0.1) is 30.8 Å². The number of amides is 1. The molecular weight excluding hydrogens is 370 g/mol. The van der Waals surface area contributed by atoms with Crippen molar-refractivity contribution in [3.8, 4) is 11.5 Å². The second kappa shape index (κ2) is 9.13. The minimum atomic E-state index is -0.165. The fourth-order valence-corrected chi connectivity index (χ4v) is 3.49. The van der Waals surface area contributed by atoms with Crippen LogP contribution in [0.5, 0.6) is 11.5 Å². The summed E-state index contributed by atoms with van der Waals surface area (Å²) in [6.07, 6.45) is 5.32. The van der Waals surface area contributed by atoms with E-state index in [0.29, 0.717) is 62.3 Å². The molecule has 0 radical (unpaired) electrons. The Kier molecular flexibility index (Phi) is 6.61. The number of rotatable bonds is 4. The summed E-state index contributed by atoms with van der Waals surface area (Å²) in [4.78, 5) is 26.0.